The lowest BCUT2D eigenvalue weighted by Crippen LogP contribution is -2.09. The number of aromatic nitrogens is 1. The number of nitrogens with zero attached hydrogens (tertiary/aromatic N) is 1. The molecule has 2 aromatic rings. The molecular formula is C10H7ClN2OS. The van der Waals surface area contributed by atoms with Crippen LogP contribution in [0.15, 0.2) is 36.0 Å². The molecule has 0 aliphatic carbocycles. The molecule has 15 heavy (non-hydrogen) atoms. The van der Waals surface area contributed by atoms with Crippen LogP contribution in [0.25, 0.3) is 0 Å². The van der Waals surface area contributed by atoms with Crippen molar-refractivity contribution in [2.24, 2.45) is 0 Å². The Hall–Kier alpha value is -1.39. The van der Waals surface area contributed by atoms with Crippen molar-refractivity contribution < 1.29 is 4.79 Å². The zero-order valence-electron chi connectivity index (χ0n) is 7.61. The summed E-state index contributed by atoms with van der Waals surface area (Å²) < 4.78 is 0. The van der Waals surface area contributed by atoms with E-state index < -0.39 is 0 Å². The third kappa shape index (κ3) is 2.55. The van der Waals surface area contributed by atoms with Gasteiger partial charge in [-0.3, -0.25) is 9.78 Å². The van der Waals surface area contributed by atoms with E-state index in [4.69, 9.17) is 11.6 Å². The molecule has 0 spiro atoms. The van der Waals surface area contributed by atoms with E-state index in [0.29, 0.717) is 15.6 Å². The number of rotatable bonds is 2. The minimum atomic E-state index is -0.167. The molecule has 5 heteroatoms. The van der Waals surface area contributed by atoms with Crippen LogP contribution in [-0.4, -0.2) is 10.9 Å². The molecule has 0 radical (unpaired) electrons. The van der Waals surface area contributed by atoms with Gasteiger partial charge >= 0.3 is 0 Å². The number of carbonyl (C=O) groups is 1. The second-order valence-corrected chi connectivity index (χ2v) is 4.15. The van der Waals surface area contributed by atoms with Gasteiger partial charge in [-0.2, -0.15) is 0 Å². The number of carbonyl (C=O) groups excluding carboxylic acids is 1. The first-order valence-corrected chi connectivity index (χ1v) is 5.47. The highest BCUT2D eigenvalue weighted by molar-refractivity contribution is 7.11. The first-order valence-electron chi connectivity index (χ1n) is 4.21. The van der Waals surface area contributed by atoms with Gasteiger partial charge < -0.3 is 5.32 Å². The molecule has 0 fully saturated rings. The fraction of sp³-hybridized carbons (Fsp3) is 0. The van der Waals surface area contributed by atoms with Crippen LogP contribution >= 0.6 is 22.9 Å². The number of hydrogen-bond acceptors (Lipinski definition) is 3. The fourth-order valence-electron chi connectivity index (χ4n) is 1.09. The summed E-state index contributed by atoms with van der Waals surface area (Å²) in [5.41, 5.74) is 2.30. The average Bonchev–Trinajstić information content (AvgIpc) is 2.70. The van der Waals surface area contributed by atoms with Gasteiger partial charge in [0.25, 0.3) is 5.91 Å². The van der Waals surface area contributed by atoms with Crippen LogP contribution in [0.4, 0.5) is 5.69 Å². The van der Waals surface area contributed by atoms with Crippen molar-refractivity contribution in [2.75, 3.05) is 5.32 Å². The molecule has 0 bridgehead atoms. The molecule has 1 aromatic heterocycles. The molecule has 0 saturated heterocycles. The topological polar surface area (TPSA) is 42.0 Å². The van der Waals surface area contributed by atoms with Crippen LogP contribution in [0.2, 0.25) is 5.02 Å². The monoisotopic (exact) mass is 238 g/mol. The lowest BCUT2D eigenvalue weighted by molar-refractivity contribution is 0.103. The summed E-state index contributed by atoms with van der Waals surface area (Å²) in [6, 6.07) is 7.01. The molecule has 1 heterocycles. The van der Waals surface area contributed by atoms with E-state index in [1.165, 1.54) is 17.5 Å². The van der Waals surface area contributed by atoms with Crippen LogP contribution in [0, 0.1) is 0 Å². The second-order valence-electron chi connectivity index (χ2n) is 2.83. The number of nitrogens with one attached hydrogen (secondary N) is 1. The minimum absolute atomic E-state index is 0.167. The van der Waals surface area contributed by atoms with Gasteiger partial charge in [0.15, 0.2) is 0 Å². The number of thiazole rings is 1. The summed E-state index contributed by atoms with van der Waals surface area (Å²) in [5.74, 6) is -0.167. The predicted octanol–water partition coefficient (Wildman–Crippen LogP) is 3.05. The highest BCUT2D eigenvalue weighted by Gasteiger charge is 2.07. The molecule has 0 atom stereocenters. The van der Waals surface area contributed by atoms with E-state index in [-0.39, 0.29) is 5.91 Å². The first-order chi connectivity index (χ1) is 7.25. The number of anilines is 1. The molecule has 2 rings (SSSR count). The zero-order valence-corrected chi connectivity index (χ0v) is 9.18. The molecule has 0 aliphatic heterocycles. The van der Waals surface area contributed by atoms with Gasteiger partial charge in [-0.25, -0.2) is 0 Å². The molecule has 1 amide bonds. The molecular weight excluding hydrogens is 232 g/mol. The first kappa shape index (κ1) is 10.1. The largest absolute Gasteiger partial charge is 0.321 e. The summed E-state index contributed by atoms with van der Waals surface area (Å²) >= 11 is 7.09. The van der Waals surface area contributed by atoms with Gasteiger partial charge in [0.1, 0.15) is 4.88 Å². The van der Waals surface area contributed by atoms with Gasteiger partial charge in [0.05, 0.1) is 11.7 Å². The lowest BCUT2D eigenvalue weighted by Gasteiger charge is -2.02. The molecule has 1 aromatic carbocycles. The van der Waals surface area contributed by atoms with Crippen LogP contribution in [0.1, 0.15) is 9.67 Å². The molecule has 0 saturated carbocycles. The van der Waals surface area contributed by atoms with Gasteiger partial charge in [0.2, 0.25) is 0 Å². The molecule has 0 unspecified atom stereocenters. The van der Waals surface area contributed by atoms with Crippen molar-refractivity contribution >= 4 is 34.5 Å². The van der Waals surface area contributed by atoms with Gasteiger partial charge in [-0.15, -0.1) is 11.3 Å². The number of hydrogen-bond donors (Lipinski definition) is 1. The summed E-state index contributed by atoms with van der Waals surface area (Å²) in [4.78, 5) is 16.0. The molecule has 76 valence electrons. The van der Waals surface area contributed by atoms with Crippen molar-refractivity contribution in [1.29, 1.82) is 0 Å². The normalized spacial score (nSPS) is 9.93. The van der Waals surface area contributed by atoms with Crippen molar-refractivity contribution in [2.45, 2.75) is 0 Å². The summed E-state index contributed by atoms with van der Waals surface area (Å²) in [7, 11) is 0. The third-order valence-corrected chi connectivity index (χ3v) is 2.75. The highest BCUT2D eigenvalue weighted by atomic mass is 35.5. The summed E-state index contributed by atoms with van der Waals surface area (Å²) in [6.45, 7) is 0. The van der Waals surface area contributed by atoms with E-state index in [1.807, 2.05) is 0 Å². The van der Waals surface area contributed by atoms with Crippen molar-refractivity contribution in [3.8, 4) is 0 Å². The second kappa shape index (κ2) is 4.42. The standard InChI is InChI=1S/C10H7ClN2OS/c11-7-2-1-3-8(4-7)13-10(14)9-5-12-6-15-9/h1-6H,(H,13,14). The Morgan fingerprint density at radius 1 is 1.47 bits per heavy atom. The Morgan fingerprint density at radius 2 is 2.33 bits per heavy atom. The Bertz CT molecular complexity index is 470. The van der Waals surface area contributed by atoms with Crippen LogP contribution < -0.4 is 5.32 Å². The van der Waals surface area contributed by atoms with Gasteiger partial charge in [0, 0.05) is 10.7 Å². The Labute approximate surface area is 95.7 Å². The Morgan fingerprint density at radius 3 is 3.00 bits per heavy atom. The van der Waals surface area contributed by atoms with Crippen molar-refractivity contribution in [3.63, 3.8) is 0 Å². The smallest absolute Gasteiger partial charge is 0.267 e. The van der Waals surface area contributed by atoms with Crippen LogP contribution in [-0.2, 0) is 0 Å². The van der Waals surface area contributed by atoms with E-state index in [2.05, 4.69) is 10.3 Å². The SMILES string of the molecule is O=C(Nc1cccc(Cl)c1)c1cncs1. The van der Waals surface area contributed by atoms with E-state index >= 15 is 0 Å². The summed E-state index contributed by atoms with van der Waals surface area (Å²) in [5, 5.41) is 3.33. The van der Waals surface area contributed by atoms with E-state index in [1.54, 1.807) is 29.8 Å². The molecule has 3 nitrogen and oxygen atoms in total. The van der Waals surface area contributed by atoms with Crippen molar-refractivity contribution in [1.82, 2.24) is 4.98 Å². The maximum Gasteiger partial charge on any atom is 0.267 e. The number of benzene rings is 1. The number of halogens is 1. The number of amides is 1. The lowest BCUT2D eigenvalue weighted by atomic mass is 10.3. The maximum absolute atomic E-state index is 11.6. The van der Waals surface area contributed by atoms with Crippen LogP contribution in [0.3, 0.4) is 0 Å². The van der Waals surface area contributed by atoms with E-state index in [0.717, 1.165) is 0 Å². The summed E-state index contributed by atoms with van der Waals surface area (Å²) in [6.07, 6.45) is 1.53. The molecule has 1 N–H and O–H groups in total. The quantitative estimate of drug-likeness (QED) is 0.874. The highest BCUT2D eigenvalue weighted by Crippen LogP contribution is 2.16. The average molecular weight is 239 g/mol. The zero-order chi connectivity index (χ0) is 10.7. The predicted molar refractivity (Wildman–Crippen MR) is 61.5 cm³/mol. The fourth-order valence-corrected chi connectivity index (χ4v) is 1.79. The third-order valence-electron chi connectivity index (χ3n) is 1.74. The Kier molecular flexibility index (Phi) is 2.99. The van der Waals surface area contributed by atoms with Gasteiger partial charge in [-0.1, -0.05) is 17.7 Å². The van der Waals surface area contributed by atoms with E-state index in [9.17, 15) is 4.79 Å². The van der Waals surface area contributed by atoms with Gasteiger partial charge in [-0.05, 0) is 18.2 Å². The minimum Gasteiger partial charge on any atom is -0.321 e. The molecule has 0 aliphatic rings. The van der Waals surface area contributed by atoms with Crippen molar-refractivity contribution in [3.05, 3.63) is 45.9 Å². The van der Waals surface area contributed by atoms with Crippen LogP contribution in [0.5, 0.6) is 0 Å². The maximum atomic E-state index is 11.6. The Balaban J connectivity index is 2.13.